The van der Waals surface area contributed by atoms with E-state index in [1.807, 2.05) is 30.3 Å². The average molecular weight is 670 g/mol. The minimum absolute atomic E-state index is 0.152. The summed E-state index contributed by atoms with van der Waals surface area (Å²) in [4.78, 5) is 59.9. The zero-order chi connectivity index (χ0) is 35.0. The first-order valence-electron chi connectivity index (χ1n) is 16.8. The molecule has 3 aromatic rings. The van der Waals surface area contributed by atoms with Crippen molar-refractivity contribution in [1.29, 1.82) is 0 Å². The van der Waals surface area contributed by atoms with Crippen LogP contribution in [0.25, 0.3) is 0 Å². The second-order valence-corrected chi connectivity index (χ2v) is 13.8. The zero-order valence-electron chi connectivity index (χ0n) is 27.4. The van der Waals surface area contributed by atoms with E-state index in [1.54, 1.807) is 30.3 Å². The van der Waals surface area contributed by atoms with Crippen molar-refractivity contribution in [2.24, 2.45) is 23.5 Å². The first-order chi connectivity index (χ1) is 23.5. The van der Waals surface area contributed by atoms with Gasteiger partial charge in [-0.2, -0.15) is 0 Å². The third-order valence-electron chi connectivity index (χ3n) is 9.79. The molecular weight excluding hydrogens is 626 g/mol. The van der Waals surface area contributed by atoms with Gasteiger partial charge in [-0.25, -0.2) is 4.79 Å². The highest BCUT2D eigenvalue weighted by Gasteiger charge is 2.48. The number of nitrogens with one attached hydrogen (secondary N) is 1. The summed E-state index contributed by atoms with van der Waals surface area (Å²) < 4.78 is 5.08. The lowest BCUT2D eigenvalue weighted by Gasteiger charge is -2.55. The van der Waals surface area contributed by atoms with Gasteiger partial charge in [-0.1, -0.05) is 60.7 Å². The number of nitro groups is 1. The van der Waals surface area contributed by atoms with E-state index in [0.29, 0.717) is 16.7 Å². The fraction of sp³-hybridized carbons (Fsp3) is 0.421. The second-order valence-electron chi connectivity index (χ2n) is 13.8. The van der Waals surface area contributed by atoms with Crippen LogP contribution in [0.2, 0.25) is 0 Å². The van der Waals surface area contributed by atoms with Crippen LogP contribution in [0.4, 0.5) is 5.69 Å². The molecule has 7 rings (SSSR count). The summed E-state index contributed by atoms with van der Waals surface area (Å²) in [5.74, 6) is -0.0572. The molecule has 2 atom stereocenters. The lowest BCUT2D eigenvalue weighted by molar-refractivity contribution is -0.384. The number of benzene rings is 3. The molecule has 4 fully saturated rings. The van der Waals surface area contributed by atoms with Crippen LogP contribution in [0.1, 0.15) is 72.9 Å². The maximum absolute atomic E-state index is 13.0. The van der Waals surface area contributed by atoms with E-state index in [1.165, 1.54) is 62.8 Å². The van der Waals surface area contributed by atoms with E-state index in [4.69, 9.17) is 10.5 Å². The van der Waals surface area contributed by atoms with Crippen LogP contribution in [0.5, 0.6) is 0 Å². The standard InChI is InChI=1S/C28H26N2O8.C10H17N/c31-24(23(17-19-7-3-1-4-8-19)29-27(33)21-9-5-2-6-10-21)15-16-26(32)38-25(28(34)35)18-20-11-13-22(14-12-20)30(36)37;11-10-4-7-1-8(5-10)3-9(2-7)6-10/h1-14,23,25H,15-18H2,(H,29,33)(H,34,35);7-9H,1-6,11H2/t23?,25-;/m0./s1. The molecule has 0 heterocycles. The summed E-state index contributed by atoms with van der Waals surface area (Å²) in [7, 11) is 0. The molecule has 1 unspecified atom stereocenters. The summed E-state index contributed by atoms with van der Waals surface area (Å²) in [6.45, 7) is 0. The molecule has 0 spiro atoms. The number of nitrogens with zero attached hydrogens (tertiary/aromatic N) is 1. The number of non-ortho nitro benzene ring substituents is 1. The van der Waals surface area contributed by atoms with Gasteiger partial charge < -0.3 is 20.9 Å². The number of carbonyl (C=O) groups is 4. The second kappa shape index (κ2) is 16.0. The number of rotatable bonds is 13. The molecule has 4 aliphatic carbocycles. The van der Waals surface area contributed by atoms with Gasteiger partial charge in [-0.05, 0) is 86.0 Å². The van der Waals surface area contributed by atoms with Crippen LogP contribution in [0.15, 0.2) is 84.9 Å². The topological polar surface area (TPSA) is 179 Å². The maximum Gasteiger partial charge on any atom is 0.345 e. The number of aliphatic carboxylic acids is 1. The molecule has 4 saturated carbocycles. The fourth-order valence-corrected chi connectivity index (χ4v) is 7.87. The van der Waals surface area contributed by atoms with E-state index in [9.17, 15) is 34.4 Å². The molecule has 0 radical (unpaired) electrons. The van der Waals surface area contributed by atoms with Gasteiger partial charge in [0.25, 0.3) is 11.6 Å². The smallest absolute Gasteiger partial charge is 0.345 e. The highest BCUT2D eigenvalue weighted by atomic mass is 16.6. The van der Waals surface area contributed by atoms with E-state index < -0.39 is 40.7 Å². The normalized spacial score (nSPS) is 22.9. The number of nitrogens with two attached hydrogens (primary N) is 1. The lowest BCUT2D eigenvalue weighted by atomic mass is 9.53. The Bertz CT molecular complexity index is 1590. The molecule has 0 saturated heterocycles. The number of ketones is 1. The fourth-order valence-electron chi connectivity index (χ4n) is 7.87. The summed E-state index contributed by atoms with van der Waals surface area (Å²) in [6, 6.07) is 21.8. The predicted molar refractivity (Wildman–Crippen MR) is 181 cm³/mol. The van der Waals surface area contributed by atoms with Crippen molar-refractivity contribution < 1.29 is 33.9 Å². The van der Waals surface area contributed by atoms with Crippen molar-refractivity contribution in [2.45, 2.75) is 81.9 Å². The molecule has 0 aromatic heterocycles. The molecular formula is C38H43N3O8. The minimum Gasteiger partial charge on any atom is -0.478 e. The minimum atomic E-state index is -1.53. The van der Waals surface area contributed by atoms with Gasteiger partial charge in [-0.15, -0.1) is 0 Å². The highest BCUT2D eigenvalue weighted by molar-refractivity contribution is 5.98. The van der Waals surface area contributed by atoms with Crippen molar-refractivity contribution in [3.63, 3.8) is 0 Å². The van der Waals surface area contributed by atoms with Crippen LogP contribution < -0.4 is 11.1 Å². The lowest BCUT2D eigenvalue weighted by Crippen LogP contribution is -2.55. The Hall–Kier alpha value is -4.90. The van der Waals surface area contributed by atoms with Gasteiger partial charge in [-0.3, -0.25) is 24.5 Å². The number of amides is 1. The Balaban J connectivity index is 0.000000351. The van der Waals surface area contributed by atoms with Crippen LogP contribution in [-0.2, 0) is 32.0 Å². The monoisotopic (exact) mass is 669 g/mol. The number of Topliss-reactive ketones (excluding diaryl/α,β-unsaturated/α-hetero) is 1. The quantitative estimate of drug-likeness (QED) is 0.121. The zero-order valence-corrected chi connectivity index (χ0v) is 27.4. The van der Waals surface area contributed by atoms with Crippen LogP contribution in [0.3, 0.4) is 0 Å². The number of hydrogen-bond acceptors (Lipinski definition) is 8. The van der Waals surface area contributed by atoms with Gasteiger partial charge in [0.1, 0.15) is 0 Å². The molecule has 3 aromatic carbocycles. The largest absolute Gasteiger partial charge is 0.478 e. The number of hydrogen-bond donors (Lipinski definition) is 3. The van der Waals surface area contributed by atoms with E-state index in [0.717, 1.165) is 23.3 Å². The van der Waals surface area contributed by atoms with Crippen LogP contribution in [0, 0.1) is 27.9 Å². The van der Waals surface area contributed by atoms with Gasteiger partial charge >= 0.3 is 11.9 Å². The molecule has 4 bridgehead atoms. The highest BCUT2D eigenvalue weighted by Crippen LogP contribution is 2.54. The van der Waals surface area contributed by atoms with E-state index >= 15 is 0 Å². The molecule has 11 nitrogen and oxygen atoms in total. The number of nitro benzene ring substituents is 1. The molecule has 4 N–H and O–H groups in total. The Labute approximate surface area is 285 Å². The number of carboxylic acids is 1. The Morgan fingerprint density at radius 3 is 1.86 bits per heavy atom. The van der Waals surface area contributed by atoms with Gasteiger partial charge in [0.15, 0.2) is 5.78 Å². The number of ether oxygens (including phenoxy) is 1. The van der Waals surface area contributed by atoms with Crippen molar-refractivity contribution in [2.75, 3.05) is 0 Å². The first-order valence-corrected chi connectivity index (χ1v) is 16.8. The van der Waals surface area contributed by atoms with Crippen molar-refractivity contribution in [3.05, 3.63) is 112 Å². The molecule has 11 heteroatoms. The van der Waals surface area contributed by atoms with E-state index in [2.05, 4.69) is 5.32 Å². The average Bonchev–Trinajstić information content (AvgIpc) is 3.07. The summed E-state index contributed by atoms with van der Waals surface area (Å²) in [5, 5.41) is 23.0. The van der Waals surface area contributed by atoms with Crippen LogP contribution in [-0.4, -0.2) is 51.3 Å². The third kappa shape index (κ3) is 10.1. The predicted octanol–water partition coefficient (Wildman–Crippen LogP) is 5.44. The third-order valence-corrected chi connectivity index (χ3v) is 9.79. The first kappa shape index (κ1) is 35.4. The Morgan fingerprint density at radius 2 is 1.35 bits per heavy atom. The number of carboxylic acid groups (broad SMARTS) is 1. The van der Waals surface area contributed by atoms with Crippen molar-refractivity contribution in [1.82, 2.24) is 5.32 Å². The Morgan fingerprint density at radius 1 is 0.816 bits per heavy atom. The summed E-state index contributed by atoms with van der Waals surface area (Å²) in [6.07, 6.45) is 6.41. The molecule has 49 heavy (non-hydrogen) atoms. The van der Waals surface area contributed by atoms with Crippen molar-refractivity contribution >= 4 is 29.3 Å². The van der Waals surface area contributed by atoms with E-state index in [-0.39, 0.29) is 31.4 Å². The van der Waals surface area contributed by atoms with Gasteiger partial charge in [0.2, 0.25) is 6.10 Å². The van der Waals surface area contributed by atoms with Gasteiger partial charge in [0.05, 0.1) is 17.4 Å². The van der Waals surface area contributed by atoms with Gasteiger partial charge in [0, 0.05) is 36.1 Å². The molecule has 4 aliphatic rings. The molecule has 0 aliphatic heterocycles. The van der Waals surface area contributed by atoms with Crippen molar-refractivity contribution in [3.8, 4) is 0 Å². The van der Waals surface area contributed by atoms with Crippen LogP contribution >= 0.6 is 0 Å². The summed E-state index contributed by atoms with van der Waals surface area (Å²) >= 11 is 0. The Kier molecular flexibility index (Phi) is 11.6. The summed E-state index contributed by atoms with van der Waals surface area (Å²) in [5.41, 5.74) is 8.10. The molecule has 258 valence electrons. The maximum atomic E-state index is 13.0. The number of esters is 1. The SMILES string of the molecule is NC12CC3CC(CC(C3)C1)C2.O=C(CCC(=O)C(Cc1ccccc1)NC(=O)c1ccccc1)O[C@@H](Cc1ccc([N+](=O)[O-])cc1)C(=O)O. The number of carbonyl (C=O) groups excluding carboxylic acids is 3. The molecule has 1 amide bonds.